The summed E-state index contributed by atoms with van der Waals surface area (Å²) < 4.78 is 7.25. The van der Waals surface area contributed by atoms with E-state index in [2.05, 4.69) is 10.00 Å². The SMILES string of the molecule is COc1ccccc1-n1cc(CN2CCC3(CC2)C(=O)N(C(C)C)C(=O)N3C)cn1. The van der Waals surface area contributed by atoms with Crippen LogP contribution in [-0.4, -0.2) is 75.2 Å². The van der Waals surface area contributed by atoms with E-state index in [0.717, 1.165) is 36.6 Å². The fourth-order valence-electron chi connectivity index (χ4n) is 4.54. The molecule has 4 rings (SSSR count). The van der Waals surface area contributed by atoms with Crippen LogP contribution in [0.2, 0.25) is 0 Å². The van der Waals surface area contributed by atoms with Crippen molar-refractivity contribution in [1.29, 1.82) is 0 Å². The largest absolute Gasteiger partial charge is 0.494 e. The zero-order chi connectivity index (χ0) is 21.5. The van der Waals surface area contributed by atoms with E-state index >= 15 is 0 Å². The Morgan fingerprint density at radius 2 is 1.87 bits per heavy atom. The second kappa shape index (κ2) is 7.75. The highest BCUT2D eigenvalue weighted by atomic mass is 16.5. The minimum absolute atomic E-state index is 0.0476. The summed E-state index contributed by atoms with van der Waals surface area (Å²) in [6, 6.07) is 7.48. The van der Waals surface area contributed by atoms with Gasteiger partial charge in [-0.25, -0.2) is 9.48 Å². The first kappa shape index (κ1) is 20.4. The van der Waals surface area contributed by atoms with E-state index in [4.69, 9.17) is 4.74 Å². The third-order valence-corrected chi connectivity index (χ3v) is 6.33. The molecule has 2 aliphatic heterocycles. The van der Waals surface area contributed by atoms with Gasteiger partial charge in [-0.2, -0.15) is 5.10 Å². The monoisotopic (exact) mass is 411 g/mol. The molecule has 8 heteroatoms. The minimum Gasteiger partial charge on any atom is -0.494 e. The van der Waals surface area contributed by atoms with Crippen LogP contribution < -0.4 is 4.74 Å². The van der Waals surface area contributed by atoms with Gasteiger partial charge in [-0.1, -0.05) is 12.1 Å². The van der Waals surface area contributed by atoms with Gasteiger partial charge in [-0.05, 0) is 38.8 Å². The van der Waals surface area contributed by atoms with Crippen LogP contribution in [0.1, 0.15) is 32.3 Å². The Morgan fingerprint density at radius 1 is 1.17 bits per heavy atom. The minimum atomic E-state index is -0.695. The van der Waals surface area contributed by atoms with Crippen molar-refractivity contribution in [2.75, 3.05) is 27.2 Å². The highest BCUT2D eigenvalue weighted by Gasteiger charge is 2.56. The van der Waals surface area contributed by atoms with E-state index < -0.39 is 5.54 Å². The zero-order valence-electron chi connectivity index (χ0n) is 18.0. The molecule has 0 unspecified atom stereocenters. The number of ether oxygens (including phenoxy) is 1. The molecule has 160 valence electrons. The Kier molecular flexibility index (Phi) is 5.27. The Labute approximate surface area is 177 Å². The van der Waals surface area contributed by atoms with Crippen molar-refractivity contribution in [1.82, 2.24) is 24.5 Å². The number of likely N-dealkylation sites (N-methyl/N-ethyl adjacent to an activating group) is 1. The van der Waals surface area contributed by atoms with Gasteiger partial charge in [-0.15, -0.1) is 0 Å². The molecule has 1 aromatic carbocycles. The van der Waals surface area contributed by atoms with Crippen molar-refractivity contribution < 1.29 is 14.3 Å². The average molecular weight is 412 g/mol. The fraction of sp³-hybridized carbons (Fsp3) is 0.500. The fourth-order valence-corrected chi connectivity index (χ4v) is 4.54. The number of rotatable bonds is 5. The Morgan fingerprint density at radius 3 is 2.50 bits per heavy atom. The molecular formula is C22H29N5O3. The maximum atomic E-state index is 13.0. The van der Waals surface area contributed by atoms with Gasteiger partial charge in [0.1, 0.15) is 17.0 Å². The summed E-state index contributed by atoms with van der Waals surface area (Å²) in [5.74, 6) is 0.725. The standard InChI is InChI=1S/C22H29N5O3/c1-16(2)27-20(28)22(24(3)21(27)29)9-11-25(12-10-22)14-17-13-23-26(15-17)18-7-5-6-8-19(18)30-4/h5-8,13,15-16H,9-12,14H2,1-4H3. The van der Waals surface area contributed by atoms with Crippen LogP contribution in [0, 0.1) is 0 Å². The predicted molar refractivity (Wildman–Crippen MR) is 112 cm³/mol. The normalized spacial score (nSPS) is 19.4. The van der Waals surface area contributed by atoms with Gasteiger partial charge in [0, 0.05) is 44.5 Å². The summed E-state index contributed by atoms with van der Waals surface area (Å²) in [7, 11) is 3.41. The van der Waals surface area contributed by atoms with E-state index in [1.165, 1.54) is 4.90 Å². The van der Waals surface area contributed by atoms with E-state index in [9.17, 15) is 9.59 Å². The second-order valence-electron chi connectivity index (χ2n) is 8.38. The second-order valence-corrected chi connectivity index (χ2v) is 8.38. The number of para-hydroxylation sites is 2. The number of piperidine rings is 1. The molecule has 0 atom stereocenters. The number of nitrogens with zero attached hydrogens (tertiary/aromatic N) is 5. The third-order valence-electron chi connectivity index (χ3n) is 6.33. The molecule has 2 aromatic rings. The van der Waals surface area contributed by atoms with Gasteiger partial charge in [-0.3, -0.25) is 14.6 Å². The van der Waals surface area contributed by atoms with Gasteiger partial charge >= 0.3 is 6.03 Å². The van der Waals surface area contributed by atoms with E-state index in [1.54, 1.807) is 19.1 Å². The molecule has 1 spiro atoms. The molecule has 0 N–H and O–H groups in total. The topological polar surface area (TPSA) is 70.9 Å². The quantitative estimate of drug-likeness (QED) is 0.707. The third kappa shape index (κ3) is 3.25. The molecule has 8 nitrogen and oxygen atoms in total. The number of carbonyl (C=O) groups is 2. The maximum Gasteiger partial charge on any atom is 0.327 e. The molecule has 2 aliphatic rings. The molecule has 0 saturated carbocycles. The van der Waals surface area contributed by atoms with Gasteiger partial charge < -0.3 is 9.64 Å². The maximum absolute atomic E-state index is 13.0. The highest BCUT2D eigenvalue weighted by molar-refractivity contribution is 6.07. The van der Waals surface area contributed by atoms with Crippen LogP contribution >= 0.6 is 0 Å². The van der Waals surface area contributed by atoms with E-state index in [1.807, 2.05) is 55.2 Å². The molecule has 0 aliphatic carbocycles. The molecule has 3 amide bonds. The van der Waals surface area contributed by atoms with Gasteiger partial charge in [0.2, 0.25) is 0 Å². The summed E-state index contributed by atoms with van der Waals surface area (Å²) in [5, 5.41) is 4.49. The van der Waals surface area contributed by atoms with Crippen molar-refractivity contribution in [3.8, 4) is 11.4 Å². The van der Waals surface area contributed by atoms with Crippen LogP contribution in [0.3, 0.4) is 0 Å². The van der Waals surface area contributed by atoms with Crippen LogP contribution in [0.25, 0.3) is 5.69 Å². The summed E-state index contributed by atoms with van der Waals surface area (Å²) in [4.78, 5) is 31.0. The van der Waals surface area contributed by atoms with Crippen molar-refractivity contribution >= 4 is 11.9 Å². The lowest BCUT2D eigenvalue weighted by molar-refractivity contribution is -0.136. The number of benzene rings is 1. The lowest BCUT2D eigenvalue weighted by Crippen LogP contribution is -2.55. The summed E-state index contributed by atoms with van der Waals surface area (Å²) in [6.45, 7) is 6.05. The van der Waals surface area contributed by atoms with E-state index in [-0.39, 0.29) is 18.0 Å². The molecule has 1 aromatic heterocycles. The number of likely N-dealkylation sites (tertiary alicyclic amines) is 1. The predicted octanol–water partition coefficient (Wildman–Crippen LogP) is 2.52. The molecule has 0 radical (unpaired) electrons. The Hall–Kier alpha value is -2.87. The number of hydrogen-bond acceptors (Lipinski definition) is 5. The van der Waals surface area contributed by atoms with Crippen LogP contribution in [0.5, 0.6) is 5.75 Å². The highest BCUT2D eigenvalue weighted by Crippen LogP contribution is 2.37. The van der Waals surface area contributed by atoms with Gasteiger partial charge in [0.05, 0.1) is 13.3 Å². The smallest absolute Gasteiger partial charge is 0.327 e. The van der Waals surface area contributed by atoms with Crippen molar-refractivity contribution in [3.63, 3.8) is 0 Å². The number of urea groups is 1. The molecule has 2 saturated heterocycles. The van der Waals surface area contributed by atoms with Crippen LogP contribution in [-0.2, 0) is 11.3 Å². The van der Waals surface area contributed by atoms with Crippen molar-refractivity contribution in [3.05, 3.63) is 42.2 Å². The Balaban J connectivity index is 1.43. The number of hydrogen-bond donors (Lipinski definition) is 0. The molecular weight excluding hydrogens is 382 g/mol. The number of amides is 3. The molecule has 2 fully saturated rings. The molecule has 0 bridgehead atoms. The van der Waals surface area contributed by atoms with Crippen LogP contribution in [0.4, 0.5) is 4.79 Å². The van der Waals surface area contributed by atoms with Crippen molar-refractivity contribution in [2.24, 2.45) is 0 Å². The number of carbonyl (C=O) groups excluding carboxylic acids is 2. The summed E-state index contributed by atoms with van der Waals surface area (Å²) >= 11 is 0. The first-order valence-corrected chi connectivity index (χ1v) is 10.4. The number of aromatic nitrogens is 2. The zero-order valence-corrected chi connectivity index (χ0v) is 18.0. The lowest BCUT2D eigenvalue weighted by Gasteiger charge is -2.40. The number of imide groups is 1. The van der Waals surface area contributed by atoms with E-state index in [0.29, 0.717) is 12.8 Å². The van der Waals surface area contributed by atoms with Crippen LogP contribution in [0.15, 0.2) is 36.7 Å². The molecule has 3 heterocycles. The average Bonchev–Trinajstić information content (AvgIpc) is 3.27. The molecule has 30 heavy (non-hydrogen) atoms. The lowest BCUT2D eigenvalue weighted by atomic mass is 9.86. The first-order chi connectivity index (χ1) is 14.4. The number of methoxy groups -OCH3 is 1. The summed E-state index contributed by atoms with van der Waals surface area (Å²) in [6.07, 6.45) is 5.18. The Bertz CT molecular complexity index is 946. The van der Waals surface area contributed by atoms with Gasteiger partial charge in [0.15, 0.2) is 0 Å². The van der Waals surface area contributed by atoms with Crippen molar-refractivity contribution in [2.45, 2.75) is 44.8 Å². The summed E-state index contributed by atoms with van der Waals surface area (Å²) in [5.41, 5.74) is 1.30. The first-order valence-electron chi connectivity index (χ1n) is 10.4. The van der Waals surface area contributed by atoms with Gasteiger partial charge in [0.25, 0.3) is 5.91 Å².